The third-order valence-corrected chi connectivity index (χ3v) is 8.34. The van der Waals surface area contributed by atoms with E-state index in [1.54, 1.807) is 30.6 Å². The number of aliphatic hydroxyl groups excluding tert-OH is 1. The molecule has 0 aliphatic carbocycles. The minimum Gasteiger partial charge on any atom is -0.493 e. The fraction of sp³-hybridized carbons (Fsp3) is 0.406. The third kappa shape index (κ3) is 6.46. The Morgan fingerprint density at radius 3 is 2.62 bits per heavy atom. The SMILES string of the molecule is O=C1N[C@H]2C[C@@H](C(=O)NC[C@H]3O[C@H](CCOc4cc(-c5ccncc5)ccc41)CC[C@@H]3O)N(Cc1ccc(F)cc1)C2. The van der Waals surface area contributed by atoms with Gasteiger partial charge in [0.25, 0.3) is 5.91 Å². The van der Waals surface area contributed by atoms with Gasteiger partial charge >= 0.3 is 0 Å². The summed E-state index contributed by atoms with van der Waals surface area (Å²) in [6.07, 6.45) is 4.33. The largest absolute Gasteiger partial charge is 0.493 e. The first-order valence-corrected chi connectivity index (χ1v) is 14.5. The lowest BCUT2D eigenvalue weighted by Gasteiger charge is -2.34. The van der Waals surface area contributed by atoms with Crippen LogP contribution in [0.5, 0.6) is 5.75 Å². The van der Waals surface area contributed by atoms with E-state index in [9.17, 15) is 19.1 Å². The number of amides is 2. The molecular weight excluding hydrogens is 539 g/mol. The van der Waals surface area contributed by atoms with Crippen molar-refractivity contribution >= 4 is 11.8 Å². The van der Waals surface area contributed by atoms with Crippen LogP contribution in [0.1, 0.15) is 41.6 Å². The number of halogens is 1. The highest BCUT2D eigenvalue weighted by molar-refractivity contribution is 5.98. The van der Waals surface area contributed by atoms with Gasteiger partial charge in [-0.15, -0.1) is 0 Å². The molecule has 0 spiro atoms. The number of pyridine rings is 1. The number of benzene rings is 2. The summed E-state index contributed by atoms with van der Waals surface area (Å²) in [4.78, 5) is 33.2. The number of likely N-dealkylation sites (tertiary alicyclic amines) is 1. The lowest BCUT2D eigenvalue weighted by atomic mass is 9.99. The van der Waals surface area contributed by atoms with Crippen molar-refractivity contribution in [2.75, 3.05) is 19.7 Å². The van der Waals surface area contributed by atoms with Crippen LogP contribution in [0.25, 0.3) is 11.1 Å². The first kappa shape index (κ1) is 28.3. The normalized spacial score (nSPS) is 27.0. The number of hydrogen-bond acceptors (Lipinski definition) is 7. The zero-order valence-corrected chi connectivity index (χ0v) is 23.2. The molecular formula is C32H35FN4O5. The summed E-state index contributed by atoms with van der Waals surface area (Å²) >= 11 is 0. The molecule has 4 bridgehead atoms. The first-order chi connectivity index (χ1) is 20.4. The van der Waals surface area contributed by atoms with Crippen molar-refractivity contribution in [2.24, 2.45) is 0 Å². The van der Waals surface area contributed by atoms with E-state index in [1.807, 2.05) is 29.2 Å². The Bertz CT molecular complexity index is 1410. The highest BCUT2D eigenvalue weighted by Crippen LogP contribution is 2.30. The summed E-state index contributed by atoms with van der Waals surface area (Å²) < 4.78 is 25.9. The zero-order chi connectivity index (χ0) is 29.1. The van der Waals surface area contributed by atoms with Crippen molar-refractivity contribution in [1.29, 1.82) is 0 Å². The van der Waals surface area contributed by atoms with Gasteiger partial charge in [0.1, 0.15) is 17.7 Å². The maximum Gasteiger partial charge on any atom is 0.255 e. The Labute approximate surface area is 244 Å². The van der Waals surface area contributed by atoms with Crippen LogP contribution in [0.4, 0.5) is 4.39 Å². The molecule has 3 aliphatic rings. The van der Waals surface area contributed by atoms with E-state index >= 15 is 0 Å². The van der Waals surface area contributed by atoms with Crippen molar-refractivity contribution in [3.63, 3.8) is 0 Å². The number of hydrogen-bond donors (Lipinski definition) is 3. The molecule has 0 saturated carbocycles. The molecule has 1 aromatic heterocycles. The van der Waals surface area contributed by atoms with Gasteiger partial charge in [-0.2, -0.15) is 0 Å². The van der Waals surface area contributed by atoms with Gasteiger partial charge in [-0.25, -0.2) is 4.39 Å². The summed E-state index contributed by atoms with van der Waals surface area (Å²) in [7, 11) is 0. The van der Waals surface area contributed by atoms with Crippen LogP contribution in [0.3, 0.4) is 0 Å². The summed E-state index contributed by atoms with van der Waals surface area (Å²) in [6.45, 7) is 1.38. The highest BCUT2D eigenvalue weighted by atomic mass is 19.1. The van der Waals surface area contributed by atoms with Crippen LogP contribution >= 0.6 is 0 Å². The molecule has 220 valence electrons. The second-order valence-corrected chi connectivity index (χ2v) is 11.2. The molecule has 10 heteroatoms. The second-order valence-electron chi connectivity index (χ2n) is 11.2. The molecule has 3 N–H and O–H groups in total. The molecule has 2 aromatic carbocycles. The molecule has 4 heterocycles. The van der Waals surface area contributed by atoms with Gasteiger partial charge in [0, 0.05) is 44.5 Å². The van der Waals surface area contributed by atoms with Crippen molar-refractivity contribution in [1.82, 2.24) is 20.5 Å². The van der Waals surface area contributed by atoms with Crippen LogP contribution in [-0.4, -0.2) is 76.9 Å². The van der Waals surface area contributed by atoms with Gasteiger partial charge in [0.15, 0.2) is 0 Å². The van der Waals surface area contributed by atoms with Crippen LogP contribution < -0.4 is 15.4 Å². The van der Waals surface area contributed by atoms with Crippen LogP contribution in [0.2, 0.25) is 0 Å². The molecule has 9 nitrogen and oxygen atoms in total. The van der Waals surface area contributed by atoms with E-state index in [0.29, 0.717) is 56.7 Å². The molecule has 2 fully saturated rings. The number of aromatic nitrogens is 1. The molecule has 3 aliphatic heterocycles. The van der Waals surface area contributed by atoms with E-state index in [4.69, 9.17) is 9.47 Å². The van der Waals surface area contributed by atoms with Crippen LogP contribution in [0.15, 0.2) is 67.0 Å². The minimum absolute atomic E-state index is 0.144. The molecule has 3 aromatic rings. The number of carbonyl (C=O) groups is 2. The van der Waals surface area contributed by atoms with E-state index < -0.39 is 18.2 Å². The van der Waals surface area contributed by atoms with Crippen molar-refractivity contribution < 1.29 is 28.6 Å². The number of fused-ring (bicyclic) bond motifs is 5. The van der Waals surface area contributed by atoms with Crippen LogP contribution in [0, 0.1) is 5.82 Å². The number of rotatable bonds is 3. The van der Waals surface area contributed by atoms with Gasteiger partial charge in [-0.3, -0.25) is 19.5 Å². The number of aliphatic hydroxyl groups is 1. The average Bonchev–Trinajstić information content (AvgIpc) is 3.40. The van der Waals surface area contributed by atoms with E-state index in [2.05, 4.69) is 15.6 Å². The van der Waals surface area contributed by atoms with E-state index in [1.165, 1.54) is 12.1 Å². The van der Waals surface area contributed by atoms with Gasteiger partial charge < -0.3 is 25.2 Å². The van der Waals surface area contributed by atoms with E-state index in [0.717, 1.165) is 16.7 Å². The second kappa shape index (κ2) is 12.6. The summed E-state index contributed by atoms with van der Waals surface area (Å²) in [5.74, 6) is -0.320. The quantitative estimate of drug-likeness (QED) is 0.441. The molecule has 2 amide bonds. The number of nitrogens with zero attached hydrogens (tertiary/aromatic N) is 2. The molecule has 6 rings (SSSR count). The van der Waals surface area contributed by atoms with Gasteiger partial charge in [-0.1, -0.05) is 18.2 Å². The summed E-state index contributed by atoms with van der Waals surface area (Å²) in [6, 6.07) is 14.7. The van der Waals surface area contributed by atoms with Crippen molar-refractivity contribution in [3.8, 4) is 16.9 Å². The fourth-order valence-electron chi connectivity index (χ4n) is 6.06. The standard InChI is InChI=1S/C32H35FN4O5/c33-23-4-1-20(2-5-23)18-37-19-24-16-27(37)32(40)35-17-30-28(38)8-6-25(42-30)11-14-41-29-15-22(21-9-12-34-13-10-21)3-7-26(29)31(39)36-24/h1-5,7,9-10,12-13,15,24-25,27-28,30,38H,6,8,11,14,16-19H2,(H,35,40)(H,36,39)/t24-,25-,27-,28-,30+/m0/s1. The predicted octanol–water partition coefficient (Wildman–Crippen LogP) is 3.07. The Morgan fingerprint density at radius 1 is 1.00 bits per heavy atom. The topological polar surface area (TPSA) is 113 Å². The minimum atomic E-state index is -0.670. The lowest BCUT2D eigenvalue weighted by molar-refractivity contribution is -0.133. The zero-order valence-electron chi connectivity index (χ0n) is 23.2. The van der Waals surface area contributed by atoms with Crippen LogP contribution in [-0.2, 0) is 16.1 Å². The molecule has 5 atom stereocenters. The Morgan fingerprint density at radius 2 is 1.81 bits per heavy atom. The number of carbonyl (C=O) groups excluding carboxylic acids is 2. The van der Waals surface area contributed by atoms with Crippen molar-refractivity contribution in [2.45, 2.75) is 62.6 Å². The van der Waals surface area contributed by atoms with Crippen molar-refractivity contribution in [3.05, 3.63) is 83.9 Å². The monoisotopic (exact) mass is 574 g/mol. The van der Waals surface area contributed by atoms with Gasteiger partial charge in [-0.05, 0) is 72.4 Å². The predicted molar refractivity (Wildman–Crippen MR) is 153 cm³/mol. The van der Waals surface area contributed by atoms with Gasteiger partial charge in [0.05, 0.1) is 30.4 Å². The average molecular weight is 575 g/mol. The fourth-order valence-corrected chi connectivity index (χ4v) is 6.06. The Hall–Kier alpha value is -3.86. The number of ether oxygens (including phenoxy) is 2. The smallest absolute Gasteiger partial charge is 0.255 e. The molecule has 42 heavy (non-hydrogen) atoms. The van der Waals surface area contributed by atoms with E-state index in [-0.39, 0.29) is 36.3 Å². The molecule has 0 radical (unpaired) electrons. The third-order valence-electron chi connectivity index (χ3n) is 8.34. The highest BCUT2D eigenvalue weighted by Gasteiger charge is 2.39. The first-order valence-electron chi connectivity index (χ1n) is 14.5. The molecule has 2 saturated heterocycles. The maximum absolute atomic E-state index is 13.6. The Kier molecular flexibility index (Phi) is 8.46. The van der Waals surface area contributed by atoms with Gasteiger partial charge in [0.2, 0.25) is 5.91 Å². The summed E-state index contributed by atoms with van der Waals surface area (Å²) in [5.41, 5.74) is 3.13. The lowest BCUT2D eigenvalue weighted by Crippen LogP contribution is -2.50. The maximum atomic E-state index is 13.6. The Balaban J connectivity index is 1.29. The molecule has 0 unspecified atom stereocenters. The number of nitrogens with one attached hydrogen (secondary N) is 2. The summed E-state index contributed by atoms with van der Waals surface area (Å²) in [5, 5.41) is 16.7.